The molecule has 3 rings (SSSR count). The van der Waals surface area contributed by atoms with Crippen LogP contribution in [0, 0.1) is 6.92 Å². The first kappa shape index (κ1) is 9.81. The summed E-state index contributed by atoms with van der Waals surface area (Å²) in [5.74, 6) is 0.662. The average molecular weight is 219 g/mol. The van der Waals surface area contributed by atoms with E-state index in [0.717, 1.165) is 16.7 Å². The molecule has 1 aliphatic rings. The third-order valence-electron chi connectivity index (χ3n) is 3.17. The van der Waals surface area contributed by atoms with Gasteiger partial charge in [-0.3, -0.25) is 0 Å². The molecular weight excluding hydrogens is 206 g/mol. The van der Waals surface area contributed by atoms with Gasteiger partial charge in [-0.25, -0.2) is 4.98 Å². The van der Waals surface area contributed by atoms with Gasteiger partial charge in [0.1, 0.15) is 5.52 Å². The van der Waals surface area contributed by atoms with E-state index in [4.69, 9.17) is 9.15 Å². The summed E-state index contributed by atoms with van der Waals surface area (Å²) in [6, 6.07) is 5.86. The first-order chi connectivity index (χ1) is 7.73. The lowest BCUT2D eigenvalue weighted by Crippen LogP contribution is -2.49. The summed E-state index contributed by atoms with van der Waals surface area (Å²) in [5, 5.41) is 9.44. The van der Waals surface area contributed by atoms with E-state index in [1.807, 2.05) is 25.1 Å². The Morgan fingerprint density at radius 2 is 2.25 bits per heavy atom. The third-order valence-corrected chi connectivity index (χ3v) is 3.17. The molecule has 0 unspecified atom stereocenters. The molecule has 0 radical (unpaired) electrons. The van der Waals surface area contributed by atoms with E-state index >= 15 is 0 Å². The topological polar surface area (TPSA) is 55.5 Å². The van der Waals surface area contributed by atoms with E-state index in [1.165, 1.54) is 0 Å². The van der Waals surface area contributed by atoms with E-state index in [2.05, 4.69) is 4.98 Å². The molecule has 1 aliphatic heterocycles. The van der Waals surface area contributed by atoms with Crippen molar-refractivity contribution in [2.45, 2.75) is 12.3 Å². The van der Waals surface area contributed by atoms with Gasteiger partial charge in [-0.1, -0.05) is 6.07 Å². The number of hydrogen-bond acceptors (Lipinski definition) is 4. The Hall–Kier alpha value is -1.39. The van der Waals surface area contributed by atoms with Gasteiger partial charge >= 0.3 is 0 Å². The Balaban J connectivity index is 2.10. The highest BCUT2D eigenvalue weighted by atomic mass is 16.5. The van der Waals surface area contributed by atoms with Crippen molar-refractivity contribution >= 4 is 11.1 Å². The highest BCUT2D eigenvalue weighted by Crippen LogP contribution is 2.33. The molecule has 1 saturated heterocycles. The summed E-state index contributed by atoms with van der Waals surface area (Å²) in [5.41, 5.74) is 2.47. The molecule has 1 fully saturated rings. The number of aliphatic hydroxyl groups is 1. The fourth-order valence-electron chi connectivity index (χ4n) is 2.07. The van der Waals surface area contributed by atoms with Crippen molar-refractivity contribution in [1.29, 1.82) is 0 Å². The van der Waals surface area contributed by atoms with Gasteiger partial charge in [-0.05, 0) is 17.7 Å². The van der Waals surface area contributed by atoms with Crippen LogP contribution < -0.4 is 0 Å². The Kier molecular flexibility index (Phi) is 2.02. The van der Waals surface area contributed by atoms with E-state index in [-0.39, 0.29) is 12.0 Å². The van der Waals surface area contributed by atoms with Crippen molar-refractivity contribution in [3.63, 3.8) is 0 Å². The minimum Gasteiger partial charge on any atom is -0.441 e. The van der Waals surface area contributed by atoms with Gasteiger partial charge in [-0.15, -0.1) is 0 Å². The molecular formula is C12H13NO3. The molecule has 4 heteroatoms. The van der Waals surface area contributed by atoms with Crippen LogP contribution in [-0.2, 0) is 10.2 Å². The zero-order valence-corrected chi connectivity index (χ0v) is 9.06. The predicted molar refractivity (Wildman–Crippen MR) is 58.3 cm³/mol. The summed E-state index contributed by atoms with van der Waals surface area (Å²) in [6.07, 6.45) is 0. The van der Waals surface area contributed by atoms with Crippen molar-refractivity contribution in [2.24, 2.45) is 0 Å². The van der Waals surface area contributed by atoms with E-state index in [0.29, 0.717) is 19.1 Å². The molecule has 0 saturated carbocycles. The molecule has 16 heavy (non-hydrogen) atoms. The Morgan fingerprint density at radius 1 is 1.44 bits per heavy atom. The van der Waals surface area contributed by atoms with Crippen molar-refractivity contribution in [3.05, 3.63) is 29.7 Å². The van der Waals surface area contributed by atoms with Crippen LogP contribution in [0.3, 0.4) is 0 Å². The fourth-order valence-corrected chi connectivity index (χ4v) is 2.07. The number of hydrogen-bond donors (Lipinski definition) is 1. The average Bonchev–Trinajstić information content (AvgIpc) is 2.56. The van der Waals surface area contributed by atoms with Gasteiger partial charge in [0.2, 0.25) is 0 Å². The van der Waals surface area contributed by atoms with Crippen LogP contribution in [-0.4, -0.2) is 29.9 Å². The third kappa shape index (κ3) is 1.27. The number of fused-ring (bicyclic) bond motifs is 1. The van der Waals surface area contributed by atoms with Gasteiger partial charge in [0.05, 0.1) is 25.2 Å². The number of aryl methyl sites for hydroxylation is 1. The molecule has 84 valence electrons. The zero-order valence-electron chi connectivity index (χ0n) is 9.06. The second-order valence-electron chi connectivity index (χ2n) is 4.35. The number of aromatic nitrogens is 1. The van der Waals surface area contributed by atoms with Gasteiger partial charge in [0.25, 0.3) is 0 Å². The molecule has 1 N–H and O–H groups in total. The van der Waals surface area contributed by atoms with Crippen LogP contribution in [0.1, 0.15) is 11.5 Å². The lowest BCUT2D eigenvalue weighted by Gasteiger charge is -2.40. The minimum absolute atomic E-state index is 0.106. The van der Waals surface area contributed by atoms with Crippen molar-refractivity contribution in [2.75, 3.05) is 19.8 Å². The quantitative estimate of drug-likeness (QED) is 0.829. The van der Waals surface area contributed by atoms with Crippen LogP contribution in [0.25, 0.3) is 11.1 Å². The summed E-state index contributed by atoms with van der Waals surface area (Å²) < 4.78 is 10.6. The van der Waals surface area contributed by atoms with E-state index in [9.17, 15) is 5.11 Å². The lowest BCUT2D eigenvalue weighted by molar-refractivity contribution is -0.0841. The van der Waals surface area contributed by atoms with Crippen LogP contribution in [0.15, 0.2) is 22.6 Å². The van der Waals surface area contributed by atoms with Crippen molar-refractivity contribution in [3.8, 4) is 0 Å². The van der Waals surface area contributed by atoms with Crippen molar-refractivity contribution < 1.29 is 14.3 Å². The SMILES string of the molecule is Cc1nc2cc(C3(CO)COC3)ccc2o1. The monoisotopic (exact) mass is 219 g/mol. The van der Waals surface area contributed by atoms with Crippen LogP contribution >= 0.6 is 0 Å². The molecule has 2 aromatic rings. The summed E-state index contributed by atoms with van der Waals surface area (Å²) in [4.78, 5) is 4.29. The molecule has 0 aliphatic carbocycles. The van der Waals surface area contributed by atoms with E-state index in [1.54, 1.807) is 0 Å². The van der Waals surface area contributed by atoms with Gasteiger partial charge in [0, 0.05) is 6.92 Å². The van der Waals surface area contributed by atoms with Gasteiger partial charge < -0.3 is 14.3 Å². The maximum absolute atomic E-state index is 9.44. The van der Waals surface area contributed by atoms with Crippen molar-refractivity contribution in [1.82, 2.24) is 4.98 Å². The first-order valence-corrected chi connectivity index (χ1v) is 5.30. The molecule has 2 heterocycles. The predicted octanol–water partition coefficient (Wildman–Crippen LogP) is 1.40. The molecule has 0 spiro atoms. The first-order valence-electron chi connectivity index (χ1n) is 5.30. The van der Waals surface area contributed by atoms with Gasteiger partial charge in [0.15, 0.2) is 11.5 Å². The lowest BCUT2D eigenvalue weighted by atomic mass is 9.79. The highest BCUT2D eigenvalue weighted by Gasteiger charge is 2.40. The Labute approximate surface area is 92.9 Å². The molecule has 1 aromatic heterocycles. The molecule has 0 bridgehead atoms. The number of aliphatic hydroxyl groups excluding tert-OH is 1. The number of oxazole rings is 1. The second kappa shape index (κ2) is 3.30. The molecule has 0 amide bonds. The zero-order chi connectivity index (χ0) is 11.2. The molecule has 0 atom stereocenters. The Bertz CT molecular complexity index is 523. The minimum atomic E-state index is -0.235. The number of rotatable bonds is 2. The fraction of sp³-hybridized carbons (Fsp3) is 0.417. The standard InChI is InChI=1S/C12H13NO3/c1-8-13-10-4-9(2-3-11(10)16-8)12(5-14)6-15-7-12/h2-4,14H,5-7H2,1H3. The van der Waals surface area contributed by atoms with Crippen LogP contribution in [0.2, 0.25) is 0 Å². The summed E-state index contributed by atoms with van der Waals surface area (Å²) in [6.45, 7) is 3.08. The summed E-state index contributed by atoms with van der Waals surface area (Å²) >= 11 is 0. The smallest absolute Gasteiger partial charge is 0.192 e. The van der Waals surface area contributed by atoms with Gasteiger partial charge in [-0.2, -0.15) is 0 Å². The van der Waals surface area contributed by atoms with Crippen LogP contribution in [0.5, 0.6) is 0 Å². The maximum atomic E-state index is 9.44. The number of benzene rings is 1. The van der Waals surface area contributed by atoms with E-state index < -0.39 is 0 Å². The molecule has 4 nitrogen and oxygen atoms in total. The largest absolute Gasteiger partial charge is 0.441 e. The summed E-state index contributed by atoms with van der Waals surface area (Å²) in [7, 11) is 0. The van der Waals surface area contributed by atoms with Crippen LogP contribution in [0.4, 0.5) is 0 Å². The highest BCUT2D eigenvalue weighted by molar-refractivity contribution is 5.74. The normalized spacial score (nSPS) is 18.6. The number of nitrogens with zero attached hydrogens (tertiary/aromatic N) is 1. The maximum Gasteiger partial charge on any atom is 0.192 e. The number of ether oxygens (including phenoxy) is 1. The second-order valence-corrected chi connectivity index (χ2v) is 4.35. The molecule has 1 aromatic carbocycles. The Morgan fingerprint density at radius 3 is 2.88 bits per heavy atom.